The number of aliphatic carboxylic acids is 2. The molecule has 1 aliphatic rings. The number of benzene rings is 1. The van der Waals surface area contributed by atoms with Gasteiger partial charge in [-0.25, -0.2) is 4.79 Å². The normalized spacial score (nSPS) is 22.5. The summed E-state index contributed by atoms with van der Waals surface area (Å²) in [6.45, 7) is 3.29. The molecular weight excluding hydrogens is 284 g/mol. The van der Waals surface area contributed by atoms with Gasteiger partial charge in [-0.2, -0.15) is 0 Å². The van der Waals surface area contributed by atoms with Crippen LogP contribution in [0.2, 0.25) is 0 Å². The third-order valence-electron chi connectivity index (χ3n) is 3.95. The molecule has 0 amide bonds. The van der Waals surface area contributed by atoms with Crippen molar-refractivity contribution >= 4 is 11.9 Å². The van der Waals surface area contributed by atoms with E-state index < -0.39 is 23.5 Å². The first-order chi connectivity index (χ1) is 10.2. The highest BCUT2D eigenvalue weighted by molar-refractivity contribution is 5.90. The second kappa shape index (κ2) is 5.77. The Morgan fingerprint density at radius 1 is 1.23 bits per heavy atom. The first-order valence-corrected chi connectivity index (χ1v) is 6.88. The van der Waals surface area contributed by atoms with Crippen LogP contribution in [0.5, 0.6) is 0 Å². The minimum Gasteiger partial charge on any atom is -0.481 e. The van der Waals surface area contributed by atoms with Gasteiger partial charge in [-0.1, -0.05) is 30.3 Å². The predicted octanol–water partition coefficient (Wildman–Crippen LogP) is 2.46. The molecule has 1 aromatic carbocycles. The van der Waals surface area contributed by atoms with Gasteiger partial charge in [0.2, 0.25) is 0 Å². The third-order valence-corrected chi connectivity index (χ3v) is 3.95. The van der Waals surface area contributed by atoms with E-state index in [1.807, 2.05) is 19.1 Å². The summed E-state index contributed by atoms with van der Waals surface area (Å²) in [5, 5.41) is 29.1. The second-order valence-corrected chi connectivity index (χ2v) is 5.78. The zero-order chi connectivity index (χ0) is 16.5. The fraction of sp³-hybridized carbons (Fsp3) is 0.294. The average Bonchev–Trinajstić information content (AvgIpc) is 2.46. The average molecular weight is 302 g/mol. The van der Waals surface area contributed by atoms with Crippen molar-refractivity contribution in [3.8, 4) is 0 Å². The summed E-state index contributed by atoms with van der Waals surface area (Å²) in [6.07, 6.45) is 1.64. The summed E-state index contributed by atoms with van der Waals surface area (Å²) >= 11 is 0. The number of carbonyl (C=O) groups is 2. The molecule has 2 atom stereocenters. The first kappa shape index (κ1) is 16.0. The summed E-state index contributed by atoms with van der Waals surface area (Å²) in [5.74, 6) is -2.29. The topological polar surface area (TPSA) is 94.8 Å². The Morgan fingerprint density at radius 2 is 1.86 bits per heavy atom. The minimum absolute atomic E-state index is 0.0185. The summed E-state index contributed by atoms with van der Waals surface area (Å²) in [4.78, 5) is 22.7. The Hall–Kier alpha value is -2.40. The van der Waals surface area contributed by atoms with Crippen molar-refractivity contribution in [3.05, 3.63) is 58.7 Å². The lowest BCUT2D eigenvalue weighted by Gasteiger charge is -2.28. The molecule has 0 heterocycles. The SMILES string of the molecule is Cc1ccccc1C(O)C1=CC(C)(C(=O)O)CC(C(=O)O)=C1. The van der Waals surface area contributed by atoms with Gasteiger partial charge in [0.1, 0.15) is 6.10 Å². The van der Waals surface area contributed by atoms with Crippen LogP contribution in [-0.2, 0) is 9.59 Å². The van der Waals surface area contributed by atoms with Crippen LogP contribution in [0.1, 0.15) is 30.6 Å². The molecule has 22 heavy (non-hydrogen) atoms. The van der Waals surface area contributed by atoms with Crippen molar-refractivity contribution < 1.29 is 24.9 Å². The van der Waals surface area contributed by atoms with Crippen LogP contribution in [0.3, 0.4) is 0 Å². The van der Waals surface area contributed by atoms with Crippen molar-refractivity contribution in [2.45, 2.75) is 26.4 Å². The molecule has 0 saturated carbocycles. The van der Waals surface area contributed by atoms with Gasteiger partial charge in [-0.3, -0.25) is 4.79 Å². The molecule has 0 saturated heterocycles. The highest BCUT2D eigenvalue weighted by Gasteiger charge is 2.37. The molecule has 5 heteroatoms. The lowest BCUT2D eigenvalue weighted by molar-refractivity contribution is -0.145. The van der Waals surface area contributed by atoms with Gasteiger partial charge >= 0.3 is 11.9 Å². The zero-order valence-electron chi connectivity index (χ0n) is 12.4. The first-order valence-electron chi connectivity index (χ1n) is 6.88. The number of aliphatic hydroxyl groups is 1. The third kappa shape index (κ3) is 2.94. The fourth-order valence-electron chi connectivity index (χ4n) is 2.61. The smallest absolute Gasteiger partial charge is 0.331 e. The molecule has 1 aliphatic carbocycles. The number of aliphatic hydroxyl groups excluding tert-OH is 1. The van der Waals surface area contributed by atoms with Crippen molar-refractivity contribution in [2.24, 2.45) is 5.41 Å². The van der Waals surface area contributed by atoms with Crippen molar-refractivity contribution in [2.75, 3.05) is 0 Å². The fourth-order valence-corrected chi connectivity index (χ4v) is 2.61. The van der Waals surface area contributed by atoms with Crippen molar-refractivity contribution in [1.82, 2.24) is 0 Å². The van der Waals surface area contributed by atoms with Crippen LogP contribution >= 0.6 is 0 Å². The van der Waals surface area contributed by atoms with E-state index in [4.69, 9.17) is 0 Å². The minimum atomic E-state index is -1.35. The molecule has 0 bridgehead atoms. The number of aryl methyl sites for hydroxylation is 1. The maximum Gasteiger partial charge on any atom is 0.331 e. The summed E-state index contributed by atoms with van der Waals surface area (Å²) in [6, 6.07) is 7.18. The molecule has 2 rings (SSSR count). The van der Waals surface area contributed by atoms with E-state index in [1.165, 1.54) is 19.1 Å². The molecular formula is C17H18O5. The molecule has 3 N–H and O–H groups in total. The number of hydrogen-bond acceptors (Lipinski definition) is 3. The molecule has 0 aliphatic heterocycles. The van der Waals surface area contributed by atoms with Crippen LogP contribution in [0, 0.1) is 12.3 Å². The summed E-state index contributed by atoms with van der Waals surface area (Å²) in [7, 11) is 0. The van der Waals surface area contributed by atoms with Gasteiger partial charge in [0.15, 0.2) is 0 Å². The predicted molar refractivity (Wildman–Crippen MR) is 80.3 cm³/mol. The van der Waals surface area contributed by atoms with E-state index in [9.17, 15) is 24.9 Å². The highest BCUT2D eigenvalue weighted by Crippen LogP contribution is 2.38. The van der Waals surface area contributed by atoms with E-state index in [0.29, 0.717) is 11.1 Å². The molecule has 0 fully saturated rings. The maximum atomic E-state index is 11.5. The Morgan fingerprint density at radius 3 is 2.41 bits per heavy atom. The number of hydrogen-bond donors (Lipinski definition) is 3. The lowest BCUT2D eigenvalue weighted by atomic mass is 9.76. The quantitative estimate of drug-likeness (QED) is 0.794. The van der Waals surface area contributed by atoms with Gasteiger partial charge in [0.05, 0.1) is 5.41 Å². The van der Waals surface area contributed by atoms with Gasteiger partial charge in [0.25, 0.3) is 0 Å². The van der Waals surface area contributed by atoms with Gasteiger partial charge in [-0.15, -0.1) is 0 Å². The molecule has 2 unspecified atom stereocenters. The van der Waals surface area contributed by atoms with Crippen LogP contribution in [0.15, 0.2) is 47.6 Å². The lowest BCUT2D eigenvalue weighted by Crippen LogP contribution is -2.30. The van der Waals surface area contributed by atoms with Crippen LogP contribution in [0.4, 0.5) is 0 Å². The number of carboxylic acid groups (broad SMARTS) is 2. The number of rotatable bonds is 4. The van der Waals surface area contributed by atoms with Gasteiger partial charge in [-0.05, 0) is 43.0 Å². The second-order valence-electron chi connectivity index (χ2n) is 5.78. The molecule has 1 aromatic rings. The Balaban J connectivity index is 2.51. The Bertz CT molecular complexity index is 686. The van der Waals surface area contributed by atoms with E-state index in [1.54, 1.807) is 12.1 Å². The number of carboxylic acids is 2. The maximum absolute atomic E-state index is 11.5. The molecule has 0 spiro atoms. The van der Waals surface area contributed by atoms with Crippen LogP contribution in [0.25, 0.3) is 0 Å². The molecule has 116 valence electrons. The van der Waals surface area contributed by atoms with Gasteiger partial charge < -0.3 is 15.3 Å². The van der Waals surface area contributed by atoms with E-state index in [-0.39, 0.29) is 12.0 Å². The highest BCUT2D eigenvalue weighted by atomic mass is 16.4. The van der Waals surface area contributed by atoms with Crippen molar-refractivity contribution in [3.63, 3.8) is 0 Å². The molecule has 0 aromatic heterocycles. The van der Waals surface area contributed by atoms with E-state index >= 15 is 0 Å². The van der Waals surface area contributed by atoms with E-state index in [2.05, 4.69) is 0 Å². The summed E-state index contributed by atoms with van der Waals surface area (Å²) in [5.41, 5.74) is 0.410. The standard InChI is InChI=1S/C17H18O5/c1-10-5-3-4-6-13(10)14(18)11-7-12(15(19)20)9-17(2,8-11)16(21)22/h3-8,14,18H,9H2,1-2H3,(H,19,20)(H,21,22). The summed E-state index contributed by atoms with van der Waals surface area (Å²) < 4.78 is 0. The van der Waals surface area contributed by atoms with Crippen molar-refractivity contribution in [1.29, 1.82) is 0 Å². The Labute approximate surface area is 128 Å². The van der Waals surface area contributed by atoms with E-state index in [0.717, 1.165) is 5.56 Å². The van der Waals surface area contributed by atoms with Crippen LogP contribution < -0.4 is 0 Å². The largest absolute Gasteiger partial charge is 0.481 e. The molecule has 5 nitrogen and oxygen atoms in total. The monoisotopic (exact) mass is 302 g/mol. The zero-order valence-corrected chi connectivity index (χ0v) is 12.4. The van der Waals surface area contributed by atoms with Crippen LogP contribution in [-0.4, -0.2) is 27.3 Å². The Kier molecular flexibility index (Phi) is 4.19. The van der Waals surface area contributed by atoms with Gasteiger partial charge in [0, 0.05) is 5.57 Å². The molecule has 0 radical (unpaired) electrons.